The van der Waals surface area contributed by atoms with Gasteiger partial charge in [-0.3, -0.25) is 0 Å². The van der Waals surface area contributed by atoms with Crippen molar-refractivity contribution in [3.63, 3.8) is 0 Å². The summed E-state index contributed by atoms with van der Waals surface area (Å²) in [6, 6.07) is 10.6. The fourth-order valence-electron chi connectivity index (χ4n) is 3.22. The molecule has 0 aromatic heterocycles. The summed E-state index contributed by atoms with van der Waals surface area (Å²) in [6.45, 7) is 5.43. The summed E-state index contributed by atoms with van der Waals surface area (Å²) in [6.07, 6.45) is 2.16. The minimum absolute atomic E-state index is 0.0905. The number of hydrogen-bond acceptors (Lipinski definition) is 3. The summed E-state index contributed by atoms with van der Waals surface area (Å²) >= 11 is 0. The van der Waals surface area contributed by atoms with E-state index in [1.807, 2.05) is 11.0 Å². The molecule has 1 aliphatic rings. The van der Waals surface area contributed by atoms with Crippen LogP contribution < -0.4 is 5.32 Å². The van der Waals surface area contributed by atoms with Crippen molar-refractivity contribution in [1.82, 2.24) is 20.0 Å². The van der Waals surface area contributed by atoms with Gasteiger partial charge in [0.15, 0.2) is 0 Å². The Bertz CT molecular complexity index is 491. The van der Waals surface area contributed by atoms with Crippen LogP contribution in [0.5, 0.6) is 0 Å². The SMILES string of the molecule is CN(C)C[C@H]1CCN(C(=O)NCCN(C)CCc2ccccc2)C1. The number of urea groups is 1. The van der Waals surface area contributed by atoms with Gasteiger partial charge in [0, 0.05) is 39.3 Å². The summed E-state index contributed by atoms with van der Waals surface area (Å²) in [5, 5.41) is 3.06. The van der Waals surface area contributed by atoms with Crippen LogP contribution in [0, 0.1) is 5.92 Å². The Morgan fingerprint density at radius 2 is 1.96 bits per heavy atom. The third kappa shape index (κ3) is 6.49. The predicted molar refractivity (Wildman–Crippen MR) is 99.3 cm³/mol. The fraction of sp³-hybridized carbons (Fsp3) is 0.632. The highest BCUT2D eigenvalue weighted by atomic mass is 16.2. The molecule has 2 amide bonds. The molecule has 0 aliphatic carbocycles. The molecule has 0 unspecified atom stereocenters. The maximum Gasteiger partial charge on any atom is 0.317 e. The van der Waals surface area contributed by atoms with Gasteiger partial charge < -0.3 is 20.0 Å². The molecular weight excluding hydrogens is 300 g/mol. The van der Waals surface area contributed by atoms with Crippen LogP contribution in [0.4, 0.5) is 4.79 Å². The van der Waals surface area contributed by atoms with Crippen molar-refractivity contribution in [2.75, 3.05) is 60.4 Å². The van der Waals surface area contributed by atoms with Gasteiger partial charge in [0.05, 0.1) is 0 Å². The zero-order valence-electron chi connectivity index (χ0n) is 15.4. The topological polar surface area (TPSA) is 38.8 Å². The first-order valence-corrected chi connectivity index (χ1v) is 8.94. The van der Waals surface area contributed by atoms with Gasteiger partial charge in [-0.05, 0) is 45.5 Å². The Hall–Kier alpha value is -1.59. The largest absolute Gasteiger partial charge is 0.337 e. The average molecular weight is 332 g/mol. The molecule has 1 aliphatic heterocycles. The van der Waals surface area contributed by atoms with Crippen LogP contribution in [0.3, 0.4) is 0 Å². The maximum absolute atomic E-state index is 12.2. The van der Waals surface area contributed by atoms with Gasteiger partial charge in [0.1, 0.15) is 0 Å². The Morgan fingerprint density at radius 3 is 2.67 bits per heavy atom. The number of carbonyl (C=O) groups excluding carboxylic acids is 1. The first-order valence-electron chi connectivity index (χ1n) is 8.94. The lowest BCUT2D eigenvalue weighted by atomic mass is 10.1. The van der Waals surface area contributed by atoms with Crippen LogP contribution in [0.15, 0.2) is 30.3 Å². The van der Waals surface area contributed by atoms with E-state index in [4.69, 9.17) is 0 Å². The summed E-state index contributed by atoms with van der Waals surface area (Å²) in [5.41, 5.74) is 1.36. The van der Waals surface area contributed by atoms with Crippen molar-refractivity contribution in [1.29, 1.82) is 0 Å². The second-order valence-electron chi connectivity index (χ2n) is 7.13. The summed E-state index contributed by atoms with van der Waals surface area (Å²) in [5.74, 6) is 0.610. The normalized spacial score (nSPS) is 17.7. The molecule has 2 rings (SSSR count). The Kier molecular flexibility index (Phi) is 7.53. The number of rotatable bonds is 8. The monoisotopic (exact) mass is 332 g/mol. The molecular formula is C19H32N4O. The molecule has 1 atom stereocenters. The minimum Gasteiger partial charge on any atom is -0.337 e. The molecule has 24 heavy (non-hydrogen) atoms. The molecule has 134 valence electrons. The van der Waals surface area contributed by atoms with Crippen LogP contribution in [0.1, 0.15) is 12.0 Å². The first kappa shape index (κ1) is 18.7. The second kappa shape index (κ2) is 9.64. The highest BCUT2D eigenvalue weighted by molar-refractivity contribution is 5.74. The van der Waals surface area contributed by atoms with E-state index in [9.17, 15) is 4.79 Å². The van der Waals surface area contributed by atoms with E-state index in [-0.39, 0.29) is 6.03 Å². The summed E-state index contributed by atoms with van der Waals surface area (Å²) in [7, 11) is 6.29. The molecule has 1 aromatic rings. The number of nitrogens with zero attached hydrogens (tertiary/aromatic N) is 3. The van der Waals surface area contributed by atoms with E-state index in [0.717, 1.165) is 45.6 Å². The van der Waals surface area contributed by atoms with Crippen molar-refractivity contribution < 1.29 is 4.79 Å². The van der Waals surface area contributed by atoms with E-state index in [0.29, 0.717) is 12.5 Å². The number of carbonyl (C=O) groups is 1. The molecule has 1 heterocycles. The first-order chi connectivity index (χ1) is 11.5. The quantitative estimate of drug-likeness (QED) is 0.788. The van der Waals surface area contributed by atoms with E-state index < -0.39 is 0 Å². The van der Waals surface area contributed by atoms with Crippen molar-refractivity contribution in [3.8, 4) is 0 Å². The van der Waals surface area contributed by atoms with Crippen molar-refractivity contribution in [2.45, 2.75) is 12.8 Å². The number of likely N-dealkylation sites (N-methyl/N-ethyl adjacent to an activating group) is 1. The van der Waals surface area contributed by atoms with Crippen molar-refractivity contribution in [2.24, 2.45) is 5.92 Å². The van der Waals surface area contributed by atoms with Crippen molar-refractivity contribution >= 4 is 6.03 Å². The molecule has 1 fully saturated rings. The predicted octanol–water partition coefficient (Wildman–Crippen LogP) is 1.75. The van der Waals surface area contributed by atoms with Crippen molar-refractivity contribution in [3.05, 3.63) is 35.9 Å². The molecule has 5 nitrogen and oxygen atoms in total. The number of benzene rings is 1. The molecule has 0 spiro atoms. The van der Waals surface area contributed by atoms with Gasteiger partial charge in [0.25, 0.3) is 0 Å². The number of amides is 2. The molecule has 0 bridgehead atoms. The van der Waals surface area contributed by atoms with Gasteiger partial charge in [-0.2, -0.15) is 0 Å². The van der Waals surface area contributed by atoms with E-state index in [2.05, 4.69) is 60.5 Å². The van der Waals surface area contributed by atoms with Gasteiger partial charge in [-0.25, -0.2) is 4.79 Å². The summed E-state index contributed by atoms with van der Waals surface area (Å²) < 4.78 is 0. The zero-order valence-corrected chi connectivity index (χ0v) is 15.4. The molecule has 1 saturated heterocycles. The van der Waals surface area contributed by atoms with Gasteiger partial charge in [-0.1, -0.05) is 30.3 Å². The number of nitrogens with one attached hydrogen (secondary N) is 1. The fourth-order valence-corrected chi connectivity index (χ4v) is 3.22. The third-order valence-electron chi connectivity index (χ3n) is 4.59. The Labute approximate surface area is 146 Å². The van der Waals surface area contributed by atoms with E-state index in [1.54, 1.807) is 0 Å². The third-order valence-corrected chi connectivity index (χ3v) is 4.59. The highest BCUT2D eigenvalue weighted by Crippen LogP contribution is 2.16. The average Bonchev–Trinajstić information content (AvgIpc) is 3.01. The summed E-state index contributed by atoms with van der Waals surface area (Å²) in [4.78, 5) is 18.6. The smallest absolute Gasteiger partial charge is 0.317 e. The van der Waals surface area contributed by atoms with Crippen LogP contribution in [0.25, 0.3) is 0 Å². The second-order valence-corrected chi connectivity index (χ2v) is 7.13. The molecule has 0 radical (unpaired) electrons. The van der Waals surface area contributed by atoms with Crippen LogP contribution in [-0.4, -0.2) is 81.1 Å². The standard InChI is InChI=1S/C19H32N4O/c1-21(2)15-18-10-13-23(16-18)19(24)20-11-14-22(3)12-9-17-7-5-4-6-8-17/h4-8,18H,9-16H2,1-3H3,(H,20,24)/t18-/m1/s1. The van der Waals surface area contributed by atoms with Gasteiger partial charge in [-0.15, -0.1) is 0 Å². The lowest BCUT2D eigenvalue weighted by molar-refractivity contribution is 0.203. The van der Waals surface area contributed by atoms with E-state index in [1.165, 1.54) is 5.56 Å². The van der Waals surface area contributed by atoms with E-state index >= 15 is 0 Å². The minimum atomic E-state index is 0.0905. The number of likely N-dealkylation sites (tertiary alicyclic amines) is 1. The highest BCUT2D eigenvalue weighted by Gasteiger charge is 2.26. The Balaban J connectivity index is 1.59. The Morgan fingerprint density at radius 1 is 1.21 bits per heavy atom. The number of hydrogen-bond donors (Lipinski definition) is 1. The van der Waals surface area contributed by atoms with Crippen LogP contribution in [0.2, 0.25) is 0 Å². The zero-order chi connectivity index (χ0) is 17.4. The lowest BCUT2D eigenvalue weighted by Gasteiger charge is -2.21. The molecule has 0 saturated carbocycles. The van der Waals surface area contributed by atoms with Crippen LogP contribution >= 0.6 is 0 Å². The maximum atomic E-state index is 12.2. The molecule has 5 heteroatoms. The lowest BCUT2D eigenvalue weighted by Crippen LogP contribution is -2.42. The van der Waals surface area contributed by atoms with Gasteiger partial charge >= 0.3 is 6.03 Å². The van der Waals surface area contributed by atoms with Gasteiger partial charge in [0.2, 0.25) is 0 Å². The molecule has 1 N–H and O–H groups in total. The molecule has 1 aromatic carbocycles. The van der Waals surface area contributed by atoms with Crippen LogP contribution in [-0.2, 0) is 6.42 Å².